The summed E-state index contributed by atoms with van der Waals surface area (Å²) in [5.41, 5.74) is 1.46. The van der Waals surface area contributed by atoms with Crippen molar-refractivity contribution in [3.8, 4) is 5.75 Å². The molecule has 0 bridgehead atoms. The molecule has 1 fully saturated rings. The number of benzene rings is 1. The van der Waals surface area contributed by atoms with Crippen LogP contribution in [0.2, 0.25) is 0 Å². The second-order valence-corrected chi connectivity index (χ2v) is 6.73. The molecule has 2 aliphatic rings. The van der Waals surface area contributed by atoms with E-state index in [0.717, 1.165) is 32.5 Å². The lowest BCUT2D eigenvalue weighted by Crippen LogP contribution is -2.60. The van der Waals surface area contributed by atoms with Crippen LogP contribution in [0, 0.1) is 0 Å². The second kappa shape index (κ2) is 5.41. The third kappa shape index (κ3) is 2.51. The summed E-state index contributed by atoms with van der Waals surface area (Å²) in [4.78, 5) is 14.7. The van der Waals surface area contributed by atoms with Gasteiger partial charge in [-0.15, -0.1) is 0 Å². The Morgan fingerprint density at radius 2 is 2.05 bits per heavy atom. The maximum absolute atomic E-state index is 12.3. The molecular formula is C17H18N2O2S. The lowest BCUT2D eigenvalue weighted by molar-refractivity contribution is -0.0304. The molecule has 1 saturated heterocycles. The van der Waals surface area contributed by atoms with Crippen molar-refractivity contribution >= 4 is 17.2 Å². The molecule has 0 saturated carbocycles. The molecule has 0 unspecified atom stereocenters. The van der Waals surface area contributed by atoms with Crippen LogP contribution in [0.1, 0.15) is 28.8 Å². The van der Waals surface area contributed by atoms with Gasteiger partial charge in [0.1, 0.15) is 5.75 Å². The number of piperidine rings is 1. The first-order valence-electron chi connectivity index (χ1n) is 7.58. The molecule has 1 spiro atoms. The largest absolute Gasteiger partial charge is 0.467 e. The monoisotopic (exact) mass is 314 g/mol. The molecule has 2 aliphatic heterocycles. The topological polar surface area (TPSA) is 41.6 Å². The Labute approximate surface area is 133 Å². The zero-order chi connectivity index (χ0) is 15.0. The summed E-state index contributed by atoms with van der Waals surface area (Å²) >= 11 is 1.73. The summed E-state index contributed by atoms with van der Waals surface area (Å²) in [5, 5.41) is 7.39. The Morgan fingerprint density at radius 1 is 1.23 bits per heavy atom. The van der Waals surface area contributed by atoms with Gasteiger partial charge in [0.15, 0.2) is 5.72 Å². The maximum Gasteiger partial charge on any atom is 0.258 e. The Hall–Kier alpha value is -1.85. The fourth-order valence-electron chi connectivity index (χ4n) is 3.19. The van der Waals surface area contributed by atoms with E-state index in [0.29, 0.717) is 11.3 Å². The van der Waals surface area contributed by atoms with E-state index in [4.69, 9.17) is 4.74 Å². The van der Waals surface area contributed by atoms with Crippen molar-refractivity contribution in [2.24, 2.45) is 0 Å². The summed E-state index contributed by atoms with van der Waals surface area (Å²) in [6.07, 6.45) is 1.63. The molecule has 3 heterocycles. The van der Waals surface area contributed by atoms with E-state index in [1.165, 1.54) is 5.56 Å². The zero-order valence-electron chi connectivity index (χ0n) is 12.2. The number of fused-ring (bicyclic) bond motifs is 1. The van der Waals surface area contributed by atoms with Crippen LogP contribution in [0.3, 0.4) is 0 Å². The van der Waals surface area contributed by atoms with Crippen LogP contribution < -0.4 is 10.1 Å². The van der Waals surface area contributed by atoms with Gasteiger partial charge in [-0.05, 0) is 34.5 Å². The van der Waals surface area contributed by atoms with E-state index in [1.807, 2.05) is 24.3 Å². The van der Waals surface area contributed by atoms with Gasteiger partial charge in [-0.1, -0.05) is 12.1 Å². The summed E-state index contributed by atoms with van der Waals surface area (Å²) in [6.45, 7) is 2.83. The third-order valence-corrected chi connectivity index (χ3v) is 5.16. The number of rotatable bonds is 2. The van der Waals surface area contributed by atoms with Gasteiger partial charge in [-0.3, -0.25) is 9.69 Å². The minimum absolute atomic E-state index is 0.0202. The van der Waals surface area contributed by atoms with E-state index in [2.05, 4.69) is 27.0 Å². The molecular weight excluding hydrogens is 296 g/mol. The fraction of sp³-hybridized carbons (Fsp3) is 0.353. The van der Waals surface area contributed by atoms with E-state index in [9.17, 15) is 4.79 Å². The quantitative estimate of drug-likeness (QED) is 0.927. The second-order valence-electron chi connectivity index (χ2n) is 5.95. The van der Waals surface area contributed by atoms with Gasteiger partial charge < -0.3 is 10.1 Å². The van der Waals surface area contributed by atoms with Gasteiger partial charge in [0.05, 0.1) is 5.56 Å². The highest BCUT2D eigenvalue weighted by atomic mass is 32.1. The molecule has 0 atom stereocenters. The van der Waals surface area contributed by atoms with Crippen molar-refractivity contribution in [1.82, 2.24) is 10.2 Å². The Morgan fingerprint density at radius 3 is 2.82 bits per heavy atom. The average Bonchev–Trinajstić information content (AvgIpc) is 3.03. The Bertz CT molecular complexity index is 676. The van der Waals surface area contributed by atoms with Crippen LogP contribution in [0.4, 0.5) is 0 Å². The van der Waals surface area contributed by atoms with Crippen LogP contribution in [-0.2, 0) is 6.54 Å². The van der Waals surface area contributed by atoms with Gasteiger partial charge in [0.25, 0.3) is 5.91 Å². The molecule has 0 radical (unpaired) electrons. The molecule has 1 amide bonds. The highest BCUT2D eigenvalue weighted by Gasteiger charge is 2.42. The van der Waals surface area contributed by atoms with E-state index < -0.39 is 5.72 Å². The summed E-state index contributed by atoms with van der Waals surface area (Å²) in [6, 6.07) is 9.64. The number of thiophene rings is 1. The van der Waals surface area contributed by atoms with Gasteiger partial charge in [-0.25, -0.2) is 0 Å². The van der Waals surface area contributed by atoms with Crippen LogP contribution in [-0.4, -0.2) is 29.6 Å². The molecule has 4 rings (SSSR count). The molecule has 4 nitrogen and oxygen atoms in total. The van der Waals surface area contributed by atoms with Crippen molar-refractivity contribution < 1.29 is 9.53 Å². The first kappa shape index (κ1) is 13.8. The maximum atomic E-state index is 12.3. The van der Waals surface area contributed by atoms with Crippen molar-refractivity contribution in [3.05, 3.63) is 52.2 Å². The lowest BCUT2D eigenvalue weighted by Gasteiger charge is -2.44. The number of carbonyl (C=O) groups excluding carboxylic acids is 1. The van der Waals surface area contributed by atoms with E-state index in [-0.39, 0.29) is 5.91 Å². The molecule has 5 heteroatoms. The molecule has 2 aromatic rings. The summed E-state index contributed by atoms with van der Waals surface area (Å²) < 4.78 is 6.16. The van der Waals surface area contributed by atoms with Crippen molar-refractivity contribution in [3.63, 3.8) is 0 Å². The fourth-order valence-corrected chi connectivity index (χ4v) is 3.85. The van der Waals surface area contributed by atoms with Crippen LogP contribution in [0.25, 0.3) is 0 Å². The van der Waals surface area contributed by atoms with E-state index in [1.54, 1.807) is 11.3 Å². The number of ether oxygens (including phenoxy) is 1. The van der Waals surface area contributed by atoms with Crippen molar-refractivity contribution in [2.45, 2.75) is 25.1 Å². The van der Waals surface area contributed by atoms with Crippen molar-refractivity contribution in [1.29, 1.82) is 0 Å². The highest BCUT2D eigenvalue weighted by Crippen LogP contribution is 2.33. The predicted molar refractivity (Wildman–Crippen MR) is 86.1 cm³/mol. The Balaban J connectivity index is 1.46. The van der Waals surface area contributed by atoms with Gasteiger partial charge in [0, 0.05) is 32.5 Å². The first-order chi connectivity index (χ1) is 10.7. The number of nitrogens with zero attached hydrogens (tertiary/aromatic N) is 1. The van der Waals surface area contributed by atoms with Crippen LogP contribution in [0.15, 0.2) is 41.1 Å². The standard InChI is InChI=1S/C17H18N2O2S/c20-16-14-3-1-2-4-15(14)21-17(18-16)6-8-19(9-7-17)11-13-5-10-22-12-13/h1-5,10,12H,6-9,11H2,(H,18,20). The number of para-hydroxylation sites is 1. The lowest BCUT2D eigenvalue weighted by atomic mass is 9.96. The smallest absolute Gasteiger partial charge is 0.258 e. The van der Waals surface area contributed by atoms with Gasteiger partial charge in [0.2, 0.25) is 0 Å². The number of hydrogen-bond donors (Lipinski definition) is 1. The first-order valence-corrected chi connectivity index (χ1v) is 8.52. The normalized spacial score (nSPS) is 20.3. The molecule has 1 aromatic heterocycles. The van der Waals surface area contributed by atoms with Crippen LogP contribution >= 0.6 is 11.3 Å². The number of hydrogen-bond acceptors (Lipinski definition) is 4. The Kier molecular flexibility index (Phi) is 3.39. The molecule has 114 valence electrons. The summed E-state index contributed by atoms with van der Waals surface area (Å²) in [7, 11) is 0. The molecule has 1 aromatic carbocycles. The average molecular weight is 314 g/mol. The zero-order valence-corrected chi connectivity index (χ0v) is 13.1. The van der Waals surface area contributed by atoms with Crippen molar-refractivity contribution in [2.75, 3.05) is 13.1 Å². The minimum Gasteiger partial charge on any atom is -0.467 e. The number of amides is 1. The molecule has 22 heavy (non-hydrogen) atoms. The van der Waals surface area contributed by atoms with E-state index >= 15 is 0 Å². The van der Waals surface area contributed by atoms with Gasteiger partial charge in [-0.2, -0.15) is 11.3 Å². The molecule has 1 N–H and O–H groups in total. The number of carbonyl (C=O) groups is 1. The van der Waals surface area contributed by atoms with Gasteiger partial charge >= 0.3 is 0 Å². The minimum atomic E-state index is -0.531. The third-order valence-electron chi connectivity index (χ3n) is 4.43. The summed E-state index contributed by atoms with van der Waals surface area (Å²) in [5.74, 6) is 0.686. The number of likely N-dealkylation sites (tertiary alicyclic amines) is 1. The number of nitrogens with one attached hydrogen (secondary N) is 1. The molecule has 0 aliphatic carbocycles. The van der Waals surface area contributed by atoms with Crippen LogP contribution in [0.5, 0.6) is 5.75 Å². The SMILES string of the molecule is O=C1NC2(CCN(Cc3ccsc3)CC2)Oc2ccccc21. The predicted octanol–water partition coefficient (Wildman–Crippen LogP) is 2.86. The highest BCUT2D eigenvalue weighted by molar-refractivity contribution is 7.07.